The highest BCUT2D eigenvalue weighted by atomic mass is 32.2. The number of anilines is 1. The van der Waals surface area contributed by atoms with Gasteiger partial charge in [0.05, 0.1) is 11.4 Å². The molecule has 0 spiro atoms. The summed E-state index contributed by atoms with van der Waals surface area (Å²) in [5.74, 6) is -1.41. The first-order valence-electron chi connectivity index (χ1n) is 8.74. The molecule has 0 amide bonds. The van der Waals surface area contributed by atoms with Gasteiger partial charge in [0.2, 0.25) is 10.0 Å². The first kappa shape index (κ1) is 21.8. The van der Waals surface area contributed by atoms with Crippen LogP contribution in [0.3, 0.4) is 0 Å². The Kier molecular flexibility index (Phi) is 6.70. The third-order valence-corrected chi connectivity index (χ3v) is 5.47. The lowest BCUT2D eigenvalue weighted by Crippen LogP contribution is -2.39. The number of rotatable bonds is 6. The van der Waals surface area contributed by atoms with Crippen molar-refractivity contribution in [1.82, 2.24) is 10.3 Å². The van der Waals surface area contributed by atoms with Gasteiger partial charge >= 0.3 is 0 Å². The van der Waals surface area contributed by atoms with Crippen molar-refractivity contribution in [2.24, 2.45) is 5.14 Å². The number of aromatic nitrogens is 1. The molecule has 0 aliphatic heterocycles. The van der Waals surface area contributed by atoms with Crippen LogP contribution in [-0.4, -0.2) is 18.5 Å². The van der Waals surface area contributed by atoms with Gasteiger partial charge in [0.25, 0.3) is 0 Å². The Balaban J connectivity index is 1.88. The number of nitrogens with one attached hydrogen (secondary N) is 1. The summed E-state index contributed by atoms with van der Waals surface area (Å²) in [4.78, 5) is 5.51. The Morgan fingerprint density at radius 3 is 2.17 bits per heavy atom. The summed E-state index contributed by atoms with van der Waals surface area (Å²) < 4.78 is 50.3. The monoisotopic (exact) mass is 448 g/mol. The van der Waals surface area contributed by atoms with Crippen molar-refractivity contribution in [2.45, 2.75) is 18.0 Å². The fourth-order valence-electron chi connectivity index (χ4n) is 2.75. The third-order valence-electron chi connectivity index (χ3n) is 4.18. The van der Waals surface area contributed by atoms with Crippen LogP contribution in [0.4, 0.5) is 14.5 Å². The molecule has 1 aromatic heterocycles. The first-order valence-corrected chi connectivity index (χ1v) is 10.7. The zero-order valence-corrected chi connectivity index (χ0v) is 17.3. The van der Waals surface area contributed by atoms with Crippen molar-refractivity contribution in [1.29, 1.82) is 0 Å². The van der Waals surface area contributed by atoms with Crippen molar-refractivity contribution in [3.8, 4) is 0 Å². The average Bonchev–Trinajstić information content (AvgIpc) is 2.70. The quantitative estimate of drug-likeness (QED) is 0.564. The number of thiocarbonyl (C=S) groups is 1. The van der Waals surface area contributed by atoms with E-state index in [2.05, 4.69) is 10.3 Å². The van der Waals surface area contributed by atoms with Crippen LogP contribution in [0.5, 0.6) is 0 Å². The lowest BCUT2D eigenvalue weighted by Gasteiger charge is -2.26. The number of hydrogen-bond donors (Lipinski definition) is 2. The summed E-state index contributed by atoms with van der Waals surface area (Å²) in [6, 6.07) is 12.6. The van der Waals surface area contributed by atoms with E-state index in [1.165, 1.54) is 36.4 Å². The minimum atomic E-state index is -3.85. The van der Waals surface area contributed by atoms with Crippen molar-refractivity contribution < 1.29 is 17.2 Å². The second kappa shape index (κ2) is 9.24. The molecule has 0 fully saturated rings. The molecule has 1 heterocycles. The molecule has 0 saturated carbocycles. The number of hydrogen-bond acceptors (Lipinski definition) is 4. The number of benzene rings is 2. The highest BCUT2D eigenvalue weighted by molar-refractivity contribution is 7.89. The molecule has 0 atom stereocenters. The molecule has 3 N–H and O–H groups in total. The smallest absolute Gasteiger partial charge is 0.238 e. The molecule has 3 aromatic rings. The lowest BCUT2D eigenvalue weighted by atomic mass is 10.2. The van der Waals surface area contributed by atoms with Gasteiger partial charge in [-0.15, -0.1) is 0 Å². The molecular formula is C20H18F2N4O2S2. The summed E-state index contributed by atoms with van der Waals surface area (Å²) in [7, 11) is -3.85. The maximum Gasteiger partial charge on any atom is 0.238 e. The van der Waals surface area contributed by atoms with Crippen LogP contribution in [0.25, 0.3) is 0 Å². The van der Waals surface area contributed by atoms with Gasteiger partial charge in [-0.05, 0) is 71.9 Å². The van der Waals surface area contributed by atoms with E-state index < -0.39 is 21.7 Å². The minimum Gasteiger partial charge on any atom is -0.358 e. The fraction of sp³-hybridized carbons (Fsp3) is 0.100. The Labute approximate surface area is 178 Å². The third kappa shape index (κ3) is 5.78. The molecule has 0 aliphatic carbocycles. The maximum atomic E-state index is 13.6. The van der Waals surface area contributed by atoms with Gasteiger partial charge in [0, 0.05) is 30.7 Å². The number of nitrogens with zero attached hydrogens (tertiary/aromatic N) is 2. The number of primary sulfonamides is 1. The van der Waals surface area contributed by atoms with Gasteiger partial charge < -0.3 is 10.2 Å². The predicted octanol–water partition coefficient (Wildman–Crippen LogP) is 3.09. The molecule has 3 rings (SSSR count). The summed E-state index contributed by atoms with van der Waals surface area (Å²) in [6.45, 7) is 0.468. The molecule has 156 valence electrons. The van der Waals surface area contributed by atoms with E-state index in [0.29, 0.717) is 22.9 Å². The van der Waals surface area contributed by atoms with Crippen molar-refractivity contribution in [3.63, 3.8) is 0 Å². The van der Waals surface area contributed by atoms with Crippen LogP contribution in [0, 0.1) is 11.6 Å². The standard InChI is InChI=1S/C20H18F2N4O2S2/c21-16-9-15(10-17(22)11-16)13-26(18-1-3-19(4-2-18)30(23,27)28)20(29)25-12-14-5-7-24-8-6-14/h1-11H,12-13H2,(H,25,29)(H2,23,27,28). The highest BCUT2D eigenvalue weighted by Crippen LogP contribution is 2.21. The second-order valence-corrected chi connectivity index (χ2v) is 8.37. The highest BCUT2D eigenvalue weighted by Gasteiger charge is 2.16. The van der Waals surface area contributed by atoms with E-state index in [4.69, 9.17) is 17.4 Å². The van der Waals surface area contributed by atoms with Gasteiger partial charge in [-0.25, -0.2) is 22.3 Å². The Hall–Kier alpha value is -2.95. The van der Waals surface area contributed by atoms with Crippen molar-refractivity contribution in [2.75, 3.05) is 4.90 Å². The SMILES string of the molecule is NS(=O)(=O)c1ccc(N(Cc2cc(F)cc(F)c2)C(=S)NCc2ccncc2)cc1. The summed E-state index contributed by atoms with van der Waals surface area (Å²) in [5.41, 5.74) is 1.82. The molecule has 30 heavy (non-hydrogen) atoms. The normalized spacial score (nSPS) is 11.2. The fourth-order valence-corrected chi connectivity index (χ4v) is 3.51. The molecule has 0 aliphatic rings. The molecule has 0 radical (unpaired) electrons. The van der Waals surface area contributed by atoms with Crippen LogP contribution in [0.1, 0.15) is 11.1 Å². The van der Waals surface area contributed by atoms with E-state index in [9.17, 15) is 17.2 Å². The molecule has 0 saturated heterocycles. The van der Waals surface area contributed by atoms with Crippen molar-refractivity contribution >= 4 is 33.0 Å². The minimum absolute atomic E-state index is 0.0568. The van der Waals surface area contributed by atoms with Gasteiger partial charge in [-0.2, -0.15) is 0 Å². The zero-order valence-electron chi connectivity index (χ0n) is 15.6. The molecular weight excluding hydrogens is 430 g/mol. The predicted molar refractivity (Wildman–Crippen MR) is 114 cm³/mol. The van der Waals surface area contributed by atoms with Crippen LogP contribution in [0.2, 0.25) is 0 Å². The van der Waals surface area contributed by atoms with Gasteiger partial charge in [0.1, 0.15) is 11.6 Å². The second-order valence-electron chi connectivity index (χ2n) is 6.42. The van der Waals surface area contributed by atoms with E-state index in [1.807, 2.05) is 12.1 Å². The largest absolute Gasteiger partial charge is 0.358 e. The van der Waals surface area contributed by atoms with Gasteiger partial charge in [-0.3, -0.25) is 4.98 Å². The number of nitrogens with two attached hydrogens (primary N) is 1. The van der Waals surface area contributed by atoms with E-state index in [-0.39, 0.29) is 11.4 Å². The summed E-state index contributed by atoms with van der Waals surface area (Å²) >= 11 is 5.50. The zero-order chi connectivity index (χ0) is 21.7. The summed E-state index contributed by atoms with van der Waals surface area (Å²) in [5, 5.41) is 8.53. The van der Waals surface area contributed by atoms with Gasteiger partial charge in [0.15, 0.2) is 5.11 Å². The van der Waals surface area contributed by atoms with Crippen LogP contribution in [0.15, 0.2) is 71.9 Å². The van der Waals surface area contributed by atoms with E-state index >= 15 is 0 Å². The summed E-state index contributed by atoms with van der Waals surface area (Å²) in [6.07, 6.45) is 3.30. The van der Waals surface area contributed by atoms with E-state index in [0.717, 1.165) is 11.6 Å². The van der Waals surface area contributed by atoms with E-state index in [1.54, 1.807) is 17.3 Å². The first-order chi connectivity index (χ1) is 14.2. The number of sulfonamides is 1. The Morgan fingerprint density at radius 1 is 1.00 bits per heavy atom. The number of halogens is 2. The lowest BCUT2D eigenvalue weighted by molar-refractivity contribution is 0.579. The topological polar surface area (TPSA) is 88.3 Å². The molecule has 2 aromatic carbocycles. The molecule has 0 unspecified atom stereocenters. The van der Waals surface area contributed by atoms with Crippen LogP contribution in [-0.2, 0) is 23.1 Å². The molecule has 6 nitrogen and oxygen atoms in total. The Bertz CT molecular complexity index is 1120. The van der Waals surface area contributed by atoms with Crippen molar-refractivity contribution in [3.05, 3.63) is 89.8 Å². The average molecular weight is 449 g/mol. The maximum absolute atomic E-state index is 13.6. The molecule has 0 bridgehead atoms. The molecule has 10 heteroatoms. The van der Waals surface area contributed by atoms with Crippen LogP contribution < -0.4 is 15.4 Å². The Morgan fingerprint density at radius 2 is 1.60 bits per heavy atom. The van der Waals surface area contributed by atoms with Gasteiger partial charge in [-0.1, -0.05) is 0 Å². The van der Waals surface area contributed by atoms with Crippen LogP contribution >= 0.6 is 12.2 Å². The number of pyridine rings is 1.